The van der Waals surface area contributed by atoms with E-state index in [1.54, 1.807) is 0 Å². The average Bonchev–Trinajstić information content (AvgIpc) is 2.69. The molecule has 2 aromatic rings. The van der Waals surface area contributed by atoms with Crippen LogP contribution in [0.2, 0.25) is 0 Å². The molecule has 4 heteroatoms. The van der Waals surface area contributed by atoms with Crippen molar-refractivity contribution in [2.24, 2.45) is 0 Å². The first-order chi connectivity index (χ1) is 9.70. The second-order valence-corrected chi connectivity index (χ2v) is 5.38. The third-order valence-corrected chi connectivity index (χ3v) is 3.95. The van der Waals surface area contributed by atoms with Gasteiger partial charge in [0, 0.05) is 29.2 Å². The van der Waals surface area contributed by atoms with Gasteiger partial charge in [0.1, 0.15) is 5.92 Å². The van der Waals surface area contributed by atoms with E-state index in [0.717, 1.165) is 17.6 Å². The lowest BCUT2D eigenvalue weighted by Crippen LogP contribution is -2.32. The minimum Gasteiger partial charge on any atom is -0.465 e. The average molecular weight is 272 g/mol. The molecule has 1 aliphatic heterocycles. The summed E-state index contributed by atoms with van der Waals surface area (Å²) in [4.78, 5) is 15.6. The predicted octanol–water partition coefficient (Wildman–Crippen LogP) is 2.35. The Kier molecular flexibility index (Phi) is 3.49. The van der Waals surface area contributed by atoms with Crippen LogP contribution in [0.1, 0.15) is 31.0 Å². The van der Waals surface area contributed by atoms with Gasteiger partial charge in [-0.2, -0.15) is 0 Å². The van der Waals surface area contributed by atoms with Crippen LogP contribution in [0.25, 0.3) is 10.9 Å². The lowest BCUT2D eigenvalue weighted by atomic mass is 9.99. The van der Waals surface area contributed by atoms with Gasteiger partial charge in [-0.25, -0.2) is 0 Å². The van der Waals surface area contributed by atoms with Crippen LogP contribution in [-0.4, -0.2) is 30.1 Å². The van der Waals surface area contributed by atoms with Gasteiger partial charge in [-0.05, 0) is 31.9 Å². The van der Waals surface area contributed by atoms with E-state index >= 15 is 0 Å². The first kappa shape index (κ1) is 13.2. The van der Waals surface area contributed by atoms with Gasteiger partial charge < -0.3 is 15.0 Å². The van der Waals surface area contributed by atoms with Crippen molar-refractivity contribution in [1.29, 1.82) is 0 Å². The third kappa shape index (κ3) is 2.20. The largest absolute Gasteiger partial charge is 0.465 e. The number of aromatic nitrogens is 1. The second-order valence-electron chi connectivity index (χ2n) is 5.38. The van der Waals surface area contributed by atoms with Gasteiger partial charge in [-0.15, -0.1) is 0 Å². The molecular formula is C16H20N2O2. The van der Waals surface area contributed by atoms with Crippen LogP contribution in [0.3, 0.4) is 0 Å². The van der Waals surface area contributed by atoms with Gasteiger partial charge in [0.15, 0.2) is 0 Å². The molecule has 106 valence electrons. The van der Waals surface area contributed by atoms with Crippen molar-refractivity contribution in [3.63, 3.8) is 0 Å². The number of H-pyrrole nitrogens is 1. The highest BCUT2D eigenvalue weighted by Crippen LogP contribution is 2.31. The number of esters is 1. The SMILES string of the molecule is CCOC(=O)C1CNC(C)Cc2c1[nH]c1ccccc21. The number of carbonyl (C=O) groups is 1. The summed E-state index contributed by atoms with van der Waals surface area (Å²) in [6.07, 6.45) is 0.926. The lowest BCUT2D eigenvalue weighted by Gasteiger charge is -2.14. The molecule has 0 bridgehead atoms. The first-order valence-corrected chi connectivity index (χ1v) is 7.20. The summed E-state index contributed by atoms with van der Waals surface area (Å²) >= 11 is 0. The molecule has 0 amide bonds. The first-order valence-electron chi connectivity index (χ1n) is 7.20. The molecule has 2 atom stereocenters. The summed E-state index contributed by atoms with van der Waals surface area (Å²) < 4.78 is 5.23. The van der Waals surface area contributed by atoms with Gasteiger partial charge in [-0.1, -0.05) is 18.2 Å². The van der Waals surface area contributed by atoms with Crippen molar-refractivity contribution in [1.82, 2.24) is 10.3 Å². The number of aromatic amines is 1. The maximum atomic E-state index is 12.2. The minimum atomic E-state index is -0.248. The Hall–Kier alpha value is -1.81. The van der Waals surface area contributed by atoms with Crippen LogP contribution in [0.5, 0.6) is 0 Å². The van der Waals surface area contributed by atoms with Crippen molar-refractivity contribution >= 4 is 16.9 Å². The molecule has 2 heterocycles. The van der Waals surface area contributed by atoms with Crippen LogP contribution in [-0.2, 0) is 16.0 Å². The van der Waals surface area contributed by atoms with E-state index in [2.05, 4.69) is 29.4 Å². The zero-order valence-corrected chi connectivity index (χ0v) is 11.9. The van der Waals surface area contributed by atoms with E-state index in [1.807, 2.05) is 19.1 Å². The van der Waals surface area contributed by atoms with E-state index in [4.69, 9.17) is 4.74 Å². The van der Waals surface area contributed by atoms with Crippen LogP contribution in [0, 0.1) is 0 Å². The van der Waals surface area contributed by atoms with E-state index in [-0.39, 0.29) is 11.9 Å². The van der Waals surface area contributed by atoms with Crippen LogP contribution >= 0.6 is 0 Å². The Morgan fingerprint density at radius 2 is 2.20 bits per heavy atom. The number of rotatable bonds is 2. The molecule has 0 spiro atoms. The molecule has 0 radical (unpaired) electrons. The highest BCUT2D eigenvalue weighted by atomic mass is 16.5. The standard InChI is InChI=1S/C16H20N2O2/c1-3-20-16(19)13-9-17-10(2)8-12-11-6-4-5-7-14(11)18-15(12)13/h4-7,10,13,17-18H,3,8-9H2,1-2H3. The molecule has 2 N–H and O–H groups in total. The van der Waals surface area contributed by atoms with Gasteiger partial charge >= 0.3 is 5.97 Å². The molecule has 4 nitrogen and oxygen atoms in total. The number of hydrogen-bond acceptors (Lipinski definition) is 3. The third-order valence-electron chi connectivity index (χ3n) is 3.95. The normalized spacial score (nSPS) is 22.3. The Bertz CT molecular complexity index is 632. The minimum absolute atomic E-state index is 0.151. The fraction of sp³-hybridized carbons (Fsp3) is 0.438. The van der Waals surface area contributed by atoms with E-state index in [0.29, 0.717) is 19.2 Å². The quantitative estimate of drug-likeness (QED) is 0.825. The number of nitrogens with one attached hydrogen (secondary N) is 2. The van der Waals surface area contributed by atoms with Crippen LogP contribution in [0.15, 0.2) is 24.3 Å². The van der Waals surface area contributed by atoms with Crippen molar-refractivity contribution in [2.75, 3.05) is 13.2 Å². The fourth-order valence-electron chi connectivity index (χ4n) is 2.98. The number of benzene rings is 1. The summed E-state index contributed by atoms with van der Waals surface area (Å²) in [5.74, 6) is -0.399. The molecule has 2 unspecified atom stereocenters. The molecule has 0 fully saturated rings. The van der Waals surface area contributed by atoms with E-state index in [1.165, 1.54) is 10.9 Å². The van der Waals surface area contributed by atoms with Gasteiger partial charge in [0.05, 0.1) is 6.61 Å². The Balaban J connectivity index is 2.11. The maximum absolute atomic E-state index is 12.2. The molecule has 0 aliphatic carbocycles. The molecule has 3 rings (SSSR count). The van der Waals surface area contributed by atoms with E-state index < -0.39 is 0 Å². The second kappa shape index (κ2) is 5.29. The summed E-state index contributed by atoms with van der Waals surface area (Å²) in [7, 11) is 0. The molecule has 20 heavy (non-hydrogen) atoms. The summed E-state index contributed by atoms with van der Waals surface area (Å²) in [6.45, 7) is 5.04. The van der Waals surface area contributed by atoms with Crippen LogP contribution < -0.4 is 5.32 Å². The van der Waals surface area contributed by atoms with Crippen molar-refractivity contribution in [3.8, 4) is 0 Å². The summed E-state index contributed by atoms with van der Waals surface area (Å²) in [5, 5.41) is 4.63. The zero-order valence-electron chi connectivity index (χ0n) is 11.9. The Morgan fingerprint density at radius 1 is 1.40 bits per heavy atom. The van der Waals surface area contributed by atoms with Gasteiger partial charge in [0.25, 0.3) is 0 Å². The van der Waals surface area contributed by atoms with Crippen molar-refractivity contribution < 1.29 is 9.53 Å². The number of fused-ring (bicyclic) bond motifs is 3. The zero-order chi connectivity index (χ0) is 14.1. The highest BCUT2D eigenvalue weighted by Gasteiger charge is 2.30. The molecule has 0 saturated carbocycles. The lowest BCUT2D eigenvalue weighted by molar-refractivity contribution is -0.144. The number of carbonyl (C=O) groups excluding carboxylic acids is 1. The van der Waals surface area contributed by atoms with Gasteiger partial charge in [-0.3, -0.25) is 4.79 Å². The highest BCUT2D eigenvalue weighted by molar-refractivity contribution is 5.88. The summed E-state index contributed by atoms with van der Waals surface area (Å²) in [5.41, 5.74) is 3.36. The van der Waals surface area contributed by atoms with Crippen molar-refractivity contribution in [2.45, 2.75) is 32.2 Å². The monoisotopic (exact) mass is 272 g/mol. The molecule has 1 aromatic heterocycles. The Morgan fingerprint density at radius 3 is 3.00 bits per heavy atom. The molecule has 0 saturated heterocycles. The summed E-state index contributed by atoms with van der Waals surface area (Å²) in [6, 6.07) is 8.58. The Labute approximate surface area is 118 Å². The number of hydrogen-bond donors (Lipinski definition) is 2. The molecule has 1 aliphatic rings. The van der Waals surface area contributed by atoms with Gasteiger partial charge in [0.2, 0.25) is 0 Å². The van der Waals surface area contributed by atoms with Crippen molar-refractivity contribution in [3.05, 3.63) is 35.5 Å². The number of para-hydroxylation sites is 1. The maximum Gasteiger partial charge on any atom is 0.316 e. The number of ether oxygens (including phenoxy) is 1. The predicted molar refractivity (Wildman–Crippen MR) is 78.8 cm³/mol. The van der Waals surface area contributed by atoms with E-state index in [9.17, 15) is 4.79 Å². The molecular weight excluding hydrogens is 252 g/mol. The topological polar surface area (TPSA) is 54.1 Å². The molecule has 1 aromatic carbocycles. The van der Waals surface area contributed by atoms with Crippen LogP contribution in [0.4, 0.5) is 0 Å². The fourth-order valence-corrected chi connectivity index (χ4v) is 2.98. The smallest absolute Gasteiger partial charge is 0.316 e.